The van der Waals surface area contributed by atoms with Crippen LogP contribution in [0.2, 0.25) is 0 Å². The van der Waals surface area contributed by atoms with Gasteiger partial charge in [0, 0.05) is 31.2 Å². The highest BCUT2D eigenvalue weighted by molar-refractivity contribution is 7.99. The van der Waals surface area contributed by atoms with Crippen LogP contribution in [0.1, 0.15) is 20.8 Å². The van der Waals surface area contributed by atoms with E-state index in [1.54, 1.807) is 6.20 Å². The number of nitrogens with two attached hydrogens (primary N) is 1. The molecule has 6 heteroatoms. The van der Waals surface area contributed by atoms with E-state index in [4.69, 9.17) is 5.73 Å². The Hall–Kier alpha value is -1.01. The average molecular weight is 256 g/mol. The summed E-state index contributed by atoms with van der Waals surface area (Å²) < 4.78 is 1.92. The van der Waals surface area contributed by atoms with Gasteiger partial charge in [-0.25, -0.2) is 4.98 Å². The lowest BCUT2D eigenvalue weighted by Gasteiger charge is -2.29. The van der Waals surface area contributed by atoms with E-state index in [0.29, 0.717) is 5.75 Å². The monoisotopic (exact) mass is 256 g/mol. The van der Waals surface area contributed by atoms with Crippen LogP contribution in [-0.4, -0.2) is 32.8 Å². The van der Waals surface area contributed by atoms with Crippen LogP contribution in [0.15, 0.2) is 17.6 Å². The van der Waals surface area contributed by atoms with Gasteiger partial charge >= 0.3 is 0 Å². The van der Waals surface area contributed by atoms with E-state index in [1.165, 1.54) is 11.8 Å². The van der Waals surface area contributed by atoms with Gasteiger partial charge in [-0.05, 0) is 20.8 Å². The standard InChI is InChI=1S/C11H20N4OS/c1-8(2)14-11(3,9(12)16)7-17-10-13-5-6-15(10)4/h5-6,8,14H,7H2,1-4H3,(H2,12,16). The number of carbonyl (C=O) groups excluding carboxylic acids is 1. The molecule has 1 rings (SSSR count). The number of aryl methyl sites for hydroxylation is 1. The topological polar surface area (TPSA) is 72.9 Å². The minimum Gasteiger partial charge on any atom is -0.368 e. The highest BCUT2D eigenvalue weighted by Crippen LogP contribution is 2.21. The molecule has 1 heterocycles. The van der Waals surface area contributed by atoms with E-state index in [2.05, 4.69) is 10.3 Å². The maximum Gasteiger partial charge on any atom is 0.238 e. The molecular weight excluding hydrogens is 236 g/mol. The SMILES string of the molecule is CC(C)NC(C)(CSc1nccn1C)C(N)=O. The number of thioether (sulfide) groups is 1. The smallest absolute Gasteiger partial charge is 0.238 e. The molecule has 1 unspecified atom stereocenters. The molecule has 1 aromatic heterocycles. The second-order valence-corrected chi connectivity index (χ2v) is 5.55. The third kappa shape index (κ3) is 3.74. The quantitative estimate of drug-likeness (QED) is 0.737. The number of hydrogen-bond donors (Lipinski definition) is 2. The molecule has 3 N–H and O–H groups in total. The maximum absolute atomic E-state index is 11.5. The summed E-state index contributed by atoms with van der Waals surface area (Å²) >= 11 is 1.52. The van der Waals surface area contributed by atoms with Crippen molar-refractivity contribution in [3.8, 4) is 0 Å². The van der Waals surface area contributed by atoms with Crippen molar-refractivity contribution < 1.29 is 4.79 Å². The summed E-state index contributed by atoms with van der Waals surface area (Å²) in [5, 5.41) is 4.08. The van der Waals surface area contributed by atoms with Gasteiger partial charge in [-0.1, -0.05) is 11.8 Å². The summed E-state index contributed by atoms with van der Waals surface area (Å²) in [6, 6.07) is 0.203. The molecule has 1 amide bonds. The van der Waals surface area contributed by atoms with Crippen LogP contribution in [0.4, 0.5) is 0 Å². The zero-order chi connectivity index (χ0) is 13.1. The van der Waals surface area contributed by atoms with E-state index >= 15 is 0 Å². The number of primary amides is 1. The van der Waals surface area contributed by atoms with Gasteiger partial charge in [-0.15, -0.1) is 0 Å². The van der Waals surface area contributed by atoms with Crippen LogP contribution in [0, 0.1) is 0 Å². The Labute approximate surface area is 106 Å². The Bertz CT molecular complexity index is 391. The van der Waals surface area contributed by atoms with Crippen molar-refractivity contribution >= 4 is 17.7 Å². The van der Waals surface area contributed by atoms with Gasteiger partial charge in [-0.3, -0.25) is 4.79 Å². The number of amides is 1. The summed E-state index contributed by atoms with van der Waals surface area (Å²) in [4.78, 5) is 15.7. The van der Waals surface area contributed by atoms with Crippen molar-refractivity contribution in [1.82, 2.24) is 14.9 Å². The Balaban J connectivity index is 2.68. The van der Waals surface area contributed by atoms with Crippen LogP contribution in [0.3, 0.4) is 0 Å². The summed E-state index contributed by atoms with van der Waals surface area (Å²) in [7, 11) is 1.92. The maximum atomic E-state index is 11.5. The number of imidazole rings is 1. The molecule has 5 nitrogen and oxygen atoms in total. The molecule has 0 aliphatic rings. The Morgan fingerprint density at radius 3 is 2.76 bits per heavy atom. The average Bonchev–Trinajstić information content (AvgIpc) is 2.60. The second kappa shape index (κ2) is 5.55. The molecule has 0 radical (unpaired) electrons. The van der Waals surface area contributed by atoms with Crippen molar-refractivity contribution in [2.24, 2.45) is 12.8 Å². The molecular formula is C11H20N4OS. The third-order valence-electron chi connectivity index (χ3n) is 2.42. The third-order valence-corrected chi connectivity index (χ3v) is 3.79. The van der Waals surface area contributed by atoms with Crippen molar-refractivity contribution in [2.75, 3.05) is 5.75 Å². The molecule has 0 bridgehead atoms. The van der Waals surface area contributed by atoms with Crippen LogP contribution in [0.25, 0.3) is 0 Å². The lowest BCUT2D eigenvalue weighted by molar-refractivity contribution is -0.123. The first-order chi connectivity index (χ1) is 7.85. The van der Waals surface area contributed by atoms with Crippen molar-refractivity contribution in [3.63, 3.8) is 0 Å². The molecule has 0 spiro atoms. The number of carbonyl (C=O) groups is 1. The van der Waals surface area contributed by atoms with Crippen molar-refractivity contribution in [2.45, 2.75) is 37.5 Å². The molecule has 17 heavy (non-hydrogen) atoms. The minimum absolute atomic E-state index is 0.203. The van der Waals surface area contributed by atoms with E-state index in [1.807, 2.05) is 38.6 Å². The van der Waals surface area contributed by atoms with Gasteiger partial charge in [0.05, 0.1) is 0 Å². The molecule has 0 fully saturated rings. The first kappa shape index (κ1) is 14.1. The number of nitrogens with zero attached hydrogens (tertiary/aromatic N) is 2. The van der Waals surface area contributed by atoms with Crippen molar-refractivity contribution in [3.05, 3.63) is 12.4 Å². The van der Waals surface area contributed by atoms with Gasteiger partial charge in [0.15, 0.2) is 5.16 Å². The fourth-order valence-electron chi connectivity index (χ4n) is 1.52. The number of nitrogens with one attached hydrogen (secondary N) is 1. The number of rotatable bonds is 6. The molecule has 0 saturated carbocycles. The molecule has 1 atom stereocenters. The van der Waals surface area contributed by atoms with Gasteiger partial charge in [0.2, 0.25) is 5.91 Å². The van der Waals surface area contributed by atoms with Gasteiger partial charge in [0.25, 0.3) is 0 Å². The van der Waals surface area contributed by atoms with E-state index in [-0.39, 0.29) is 11.9 Å². The highest BCUT2D eigenvalue weighted by Gasteiger charge is 2.31. The molecule has 1 aromatic rings. The number of hydrogen-bond acceptors (Lipinski definition) is 4. The minimum atomic E-state index is -0.717. The van der Waals surface area contributed by atoms with Gasteiger partial charge < -0.3 is 15.6 Å². The predicted octanol–water partition coefficient (Wildman–Crippen LogP) is 0.754. The van der Waals surface area contributed by atoms with E-state index in [0.717, 1.165) is 5.16 Å². The molecule has 96 valence electrons. The first-order valence-electron chi connectivity index (χ1n) is 5.53. The summed E-state index contributed by atoms with van der Waals surface area (Å²) in [5.74, 6) is 0.221. The Morgan fingerprint density at radius 1 is 1.71 bits per heavy atom. The molecule has 0 saturated heterocycles. The number of aromatic nitrogens is 2. The normalized spacial score (nSPS) is 14.9. The first-order valence-corrected chi connectivity index (χ1v) is 6.51. The fourth-order valence-corrected chi connectivity index (χ4v) is 2.56. The van der Waals surface area contributed by atoms with Crippen LogP contribution >= 0.6 is 11.8 Å². The van der Waals surface area contributed by atoms with Crippen molar-refractivity contribution in [1.29, 1.82) is 0 Å². The largest absolute Gasteiger partial charge is 0.368 e. The summed E-state index contributed by atoms with van der Waals surface area (Å²) in [6.45, 7) is 5.81. The zero-order valence-corrected chi connectivity index (χ0v) is 11.5. The second-order valence-electron chi connectivity index (χ2n) is 4.60. The fraction of sp³-hybridized carbons (Fsp3) is 0.636. The van der Waals surface area contributed by atoms with Crippen LogP contribution in [-0.2, 0) is 11.8 Å². The highest BCUT2D eigenvalue weighted by atomic mass is 32.2. The van der Waals surface area contributed by atoms with Gasteiger partial charge in [0.1, 0.15) is 5.54 Å². The van der Waals surface area contributed by atoms with Crippen LogP contribution in [0.5, 0.6) is 0 Å². The Kier molecular flexibility index (Phi) is 4.59. The molecule has 0 aliphatic heterocycles. The van der Waals surface area contributed by atoms with E-state index < -0.39 is 5.54 Å². The Morgan fingerprint density at radius 2 is 2.35 bits per heavy atom. The van der Waals surface area contributed by atoms with Crippen LogP contribution < -0.4 is 11.1 Å². The summed E-state index contributed by atoms with van der Waals surface area (Å²) in [6.07, 6.45) is 3.61. The predicted molar refractivity (Wildman–Crippen MR) is 69.8 cm³/mol. The lowest BCUT2D eigenvalue weighted by Crippen LogP contribution is -2.57. The lowest BCUT2D eigenvalue weighted by atomic mass is 10.0. The zero-order valence-electron chi connectivity index (χ0n) is 10.7. The summed E-state index contributed by atoms with van der Waals surface area (Å²) in [5.41, 5.74) is 4.74. The molecule has 0 aromatic carbocycles. The molecule has 0 aliphatic carbocycles. The van der Waals surface area contributed by atoms with E-state index in [9.17, 15) is 4.79 Å². The van der Waals surface area contributed by atoms with Gasteiger partial charge in [-0.2, -0.15) is 0 Å².